The van der Waals surface area contributed by atoms with Gasteiger partial charge < -0.3 is 14.6 Å². The maximum atomic E-state index is 12.0. The number of H-pyrrole nitrogens is 1. The van der Waals surface area contributed by atoms with E-state index >= 15 is 0 Å². The SMILES string of the molecule is Cc1csc2nc(C[NH+]3CCOCC3)[nH]c(=O)c12. The van der Waals surface area contributed by atoms with Gasteiger partial charge in [-0.2, -0.15) is 0 Å². The van der Waals surface area contributed by atoms with Gasteiger partial charge in [0.25, 0.3) is 5.56 Å². The molecule has 0 spiro atoms. The molecule has 0 bridgehead atoms. The Morgan fingerprint density at radius 2 is 2.28 bits per heavy atom. The lowest BCUT2D eigenvalue weighted by Crippen LogP contribution is -3.12. The molecule has 0 radical (unpaired) electrons. The zero-order chi connectivity index (χ0) is 12.5. The Morgan fingerprint density at radius 1 is 1.50 bits per heavy atom. The normalized spacial score (nSPS) is 17.4. The highest BCUT2D eigenvalue weighted by molar-refractivity contribution is 7.16. The number of rotatable bonds is 2. The van der Waals surface area contributed by atoms with Gasteiger partial charge in [-0.3, -0.25) is 4.79 Å². The Labute approximate surface area is 108 Å². The standard InChI is InChI=1S/C12H15N3O2S/c1-8-7-18-12-10(8)11(16)13-9(14-12)6-15-2-4-17-5-3-15/h7H,2-6H2,1H3,(H,13,14,16)/p+1. The van der Waals surface area contributed by atoms with Crippen molar-refractivity contribution in [2.45, 2.75) is 13.5 Å². The fraction of sp³-hybridized carbons (Fsp3) is 0.500. The van der Waals surface area contributed by atoms with Crippen LogP contribution < -0.4 is 10.5 Å². The van der Waals surface area contributed by atoms with Crippen LogP contribution in [0.1, 0.15) is 11.4 Å². The van der Waals surface area contributed by atoms with Crippen LogP contribution in [0.5, 0.6) is 0 Å². The number of morpholine rings is 1. The van der Waals surface area contributed by atoms with Gasteiger partial charge in [-0.05, 0) is 17.9 Å². The van der Waals surface area contributed by atoms with Gasteiger partial charge in [-0.1, -0.05) is 0 Å². The first-order valence-electron chi connectivity index (χ1n) is 6.12. The third-order valence-electron chi connectivity index (χ3n) is 3.29. The van der Waals surface area contributed by atoms with Crippen LogP contribution in [0, 0.1) is 6.92 Å². The minimum absolute atomic E-state index is 0.0126. The number of nitrogens with one attached hydrogen (secondary N) is 2. The molecule has 0 saturated carbocycles. The predicted octanol–water partition coefficient (Wildman–Crippen LogP) is -0.292. The van der Waals surface area contributed by atoms with Crippen LogP contribution in [-0.4, -0.2) is 36.3 Å². The zero-order valence-corrected chi connectivity index (χ0v) is 11.1. The van der Waals surface area contributed by atoms with Crippen LogP contribution in [0.25, 0.3) is 10.2 Å². The Balaban J connectivity index is 1.90. The summed E-state index contributed by atoms with van der Waals surface area (Å²) in [5.41, 5.74) is 0.996. The fourth-order valence-electron chi connectivity index (χ4n) is 2.29. The number of thiophene rings is 1. The average Bonchev–Trinajstić information content (AvgIpc) is 2.72. The van der Waals surface area contributed by atoms with E-state index in [9.17, 15) is 4.79 Å². The van der Waals surface area contributed by atoms with Gasteiger partial charge in [0.05, 0.1) is 18.6 Å². The first-order chi connectivity index (χ1) is 8.74. The van der Waals surface area contributed by atoms with Crippen molar-refractivity contribution < 1.29 is 9.64 Å². The summed E-state index contributed by atoms with van der Waals surface area (Å²) in [4.78, 5) is 21.7. The number of aryl methyl sites for hydroxylation is 1. The van der Waals surface area contributed by atoms with Crippen molar-refractivity contribution in [2.75, 3.05) is 26.3 Å². The Morgan fingerprint density at radius 3 is 3.06 bits per heavy atom. The molecular formula is C12H16N3O2S+. The van der Waals surface area contributed by atoms with E-state index in [1.807, 2.05) is 12.3 Å². The second kappa shape index (κ2) is 4.79. The minimum Gasteiger partial charge on any atom is -0.370 e. The molecule has 2 N–H and O–H groups in total. The number of fused-ring (bicyclic) bond motifs is 1. The monoisotopic (exact) mass is 266 g/mol. The summed E-state index contributed by atoms with van der Waals surface area (Å²) in [6.45, 7) is 6.25. The molecule has 1 aliphatic rings. The fourth-order valence-corrected chi connectivity index (χ4v) is 3.23. The molecule has 0 unspecified atom stereocenters. The van der Waals surface area contributed by atoms with Crippen molar-refractivity contribution >= 4 is 21.6 Å². The lowest BCUT2D eigenvalue weighted by molar-refractivity contribution is -0.922. The van der Waals surface area contributed by atoms with E-state index in [1.165, 1.54) is 16.2 Å². The van der Waals surface area contributed by atoms with Gasteiger partial charge in [-0.15, -0.1) is 11.3 Å². The van der Waals surface area contributed by atoms with Crippen molar-refractivity contribution in [3.8, 4) is 0 Å². The smallest absolute Gasteiger partial charge is 0.260 e. The van der Waals surface area contributed by atoms with Gasteiger partial charge >= 0.3 is 0 Å². The molecule has 6 heteroatoms. The molecule has 1 saturated heterocycles. The summed E-state index contributed by atoms with van der Waals surface area (Å²) in [5, 5.41) is 2.72. The molecule has 1 fully saturated rings. The Kier molecular flexibility index (Phi) is 3.15. The highest BCUT2D eigenvalue weighted by atomic mass is 32.1. The van der Waals surface area contributed by atoms with Crippen molar-refractivity contribution in [2.24, 2.45) is 0 Å². The largest absolute Gasteiger partial charge is 0.370 e. The van der Waals surface area contributed by atoms with Gasteiger partial charge in [0, 0.05) is 0 Å². The highest BCUT2D eigenvalue weighted by Crippen LogP contribution is 2.19. The summed E-state index contributed by atoms with van der Waals surface area (Å²) in [6.07, 6.45) is 0. The molecule has 3 heterocycles. The molecule has 96 valence electrons. The Bertz CT molecular complexity index is 613. The van der Waals surface area contributed by atoms with E-state index in [1.54, 1.807) is 0 Å². The lowest BCUT2D eigenvalue weighted by atomic mass is 10.3. The topological polar surface area (TPSA) is 59.4 Å². The Hall–Kier alpha value is -1.24. The van der Waals surface area contributed by atoms with Crippen LogP contribution >= 0.6 is 11.3 Å². The van der Waals surface area contributed by atoms with Crippen LogP contribution in [-0.2, 0) is 11.3 Å². The van der Waals surface area contributed by atoms with Gasteiger partial charge in [0.15, 0.2) is 5.82 Å². The van der Waals surface area contributed by atoms with Gasteiger partial charge in [0.1, 0.15) is 24.5 Å². The molecule has 1 aliphatic heterocycles. The first-order valence-corrected chi connectivity index (χ1v) is 7.00. The van der Waals surface area contributed by atoms with Crippen LogP contribution in [0.15, 0.2) is 10.2 Å². The molecule has 0 amide bonds. The number of aromatic nitrogens is 2. The van der Waals surface area contributed by atoms with Crippen molar-refractivity contribution in [1.29, 1.82) is 0 Å². The van der Waals surface area contributed by atoms with E-state index in [4.69, 9.17) is 4.74 Å². The van der Waals surface area contributed by atoms with E-state index in [-0.39, 0.29) is 5.56 Å². The van der Waals surface area contributed by atoms with Crippen molar-refractivity contribution in [3.63, 3.8) is 0 Å². The quantitative estimate of drug-likeness (QED) is 0.785. The van der Waals surface area contributed by atoms with Crippen molar-refractivity contribution in [1.82, 2.24) is 9.97 Å². The van der Waals surface area contributed by atoms with Crippen molar-refractivity contribution in [3.05, 3.63) is 27.1 Å². The summed E-state index contributed by atoms with van der Waals surface area (Å²) in [6, 6.07) is 0. The van der Waals surface area contributed by atoms with E-state index in [0.29, 0.717) is 0 Å². The second-order valence-electron chi connectivity index (χ2n) is 4.65. The zero-order valence-electron chi connectivity index (χ0n) is 10.3. The summed E-state index contributed by atoms with van der Waals surface area (Å²) < 4.78 is 5.32. The first kappa shape index (κ1) is 11.8. The van der Waals surface area contributed by atoms with E-state index in [2.05, 4.69) is 9.97 Å². The minimum atomic E-state index is -0.0126. The molecule has 2 aromatic heterocycles. The van der Waals surface area contributed by atoms with E-state index < -0.39 is 0 Å². The maximum Gasteiger partial charge on any atom is 0.260 e. The van der Waals surface area contributed by atoms with Crippen LogP contribution in [0.4, 0.5) is 0 Å². The number of hydrogen-bond donors (Lipinski definition) is 2. The number of aromatic amines is 1. The predicted molar refractivity (Wildman–Crippen MR) is 70.2 cm³/mol. The summed E-state index contributed by atoms with van der Waals surface area (Å²) in [7, 11) is 0. The highest BCUT2D eigenvalue weighted by Gasteiger charge is 2.16. The number of hydrogen-bond acceptors (Lipinski definition) is 4. The number of nitrogens with zero attached hydrogens (tertiary/aromatic N) is 1. The summed E-state index contributed by atoms with van der Waals surface area (Å²) in [5.74, 6) is 0.784. The molecule has 0 aliphatic carbocycles. The molecule has 3 rings (SSSR count). The van der Waals surface area contributed by atoms with Crippen LogP contribution in [0.3, 0.4) is 0 Å². The summed E-state index contributed by atoms with van der Waals surface area (Å²) >= 11 is 1.54. The molecule has 2 aromatic rings. The second-order valence-corrected chi connectivity index (χ2v) is 5.51. The molecule has 0 aromatic carbocycles. The third kappa shape index (κ3) is 2.19. The van der Waals surface area contributed by atoms with Gasteiger partial charge in [-0.25, -0.2) is 4.98 Å². The van der Waals surface area contributed by atoms with Crippen LogP contribution in [0.2, 0.25) is 0 Å². The number of ether oxygens (including phenoxy) is 1. The third-order valence-corrected chi connectivity index (χ3v) is 4.28. The van der Waals surface area contributed by atoms with Gasteiger partial charge in [0.2, 0.25) is 0 Å². The van der Waals surface area contributed by atoms with E-state index in [0.717, 1.165) is 54.5 Å². The maximum absolute atomic E-state index is 12.0. The lowest BCUT2D eigenvalue weighted by Gasteiger charge is -2.23. The molecule has 5 nitrogen and oxygen atoms in total. The average molecular weight is 266 g/mol. The molecular weight excluding hydrogens is 250 g/mol. The molecule has 18 heavy (non-hydrogen) atoms. The molecule has 0 atom stereocenters. The number of quaternary nitrogens is 1.